The van der Waals surface area contributed by atoms with E-state index in [4.69, 9.17) is 0 Å². The Labute approximate surface area is 112 Å². The number of nitrogens with one attached hydrogen (secondary N) is 1. The molecule has 3 heterocycles. The molecule has 19 heavy (non-hydrogen) atoms. The summed E-state index contributed by atoms with van der Waals surface area (Å²) in [5.41, 5.74) is 0. The van der Waals surface area contributed by atoms with Crippen LogP contribution in [0, 0.1) is 5.92 Å². The van der Waals surface area contributed by atoms with Crippen LogP contribution in [-0.2, 0) is 17.6 Å². The van der Waals surface area contributed by atoms with Crippen molar-refractivity contribution < 1.29 is 9.90 Å². The zero-order valence-corrected chi connectivity index (χ0v) is 11.0. The summed E-state index contributed by atoms with van der Waals surface area (Å²) in [5.74, 6) is 1.45. The molecule has 1 saturated heterocycles. The van der Waals surface area contributed by atoms with Crippen molar-refractivity contribution >= 4 is 5.97 Å². The maximum Gasteiger partial charge on any atom is 0.328 e. The van der Waals surface area contributed by atoms with Crippen LogP contribution in [0.25, 0.3) is 0 Å². The molecular weight excluding hydrogens is 244 g/mol. The van der Waals surface area contributed by atoms with E-state index >= 15 is 0 Å². The number of carbonyl (C=O) groups is 1. The SMILES string of the molecule is O=C(O)C1CCCc2nc(CC3CCCNC3)nn21. The van der Waals surface area contributed by atoms with E-state index in [9.17, 15) is 9.90 Å². The number of carboxylic acids is 1. The molecule has 0 bridgehead atoms. The maximum absolute atomic E-state index is 11.2. The third-order valence-electron chi connectivity index (χ3n) is 4.07. The number of hydrogen-bond donors (Lipinski definition) is 2. The Kier molecular flexibility index (Phi) is 3.50. The first-order valence-electron chi connectivity index (χ1n) is 7.12. The minimum absolute atomic E-state index is 0.519. The fourth-order valence-electron chi connectivity index (χ4n) is 3.07. The number of carboxylic acid groups (broad SMARTS) is 1. The summed E-state index contributed by atoms with van der Waals surface area (Å²) < 4.78 is 1.64. The van der Waals surface area contributed by atoms with Crippen molar-refractivity contribution in [1.29, 1.82) is 0 Å². The summed E-state index contributed by atoms with van der Waals surface area (Å²) in [6.45, 7) is 2.12. The molecule has 2 unspecified atom stereocenters. The van der Waals surface area contributed by atoms with Crippen molar-refractivity contribution in [3.8, 4) is 0 Å². The highest BCUT2D eigenvalue weighted by Gasteiger charge is 2.29. The van der Waals surface area contributed by atoms with E-state index in [-0.39, 0.29) is 0 Å². The Bertz CT molecular complexity index is 465. The van der Waals surface area contributed by atoms with Gasteiger partial charge in [0.05, 0.1) is 0 Å². The zero-order valence-electron chi connectivity index (χ0n) is 11.0. The number of aliphatic carboxylic acids is 1. The molecule has 6 heteroatoms. The van der Waals surface area contributed by atoms with Gasteiger partial charge in [-0.25, -0.2) is 14.5 Å². The molecular formula is C13H20N4O2. The first-order valence-corrected chi connectivity index (χ1v) is 7.12. The van der Waals surface area contributed by atoms with Crippen LogP contribution in [0.2, 0.25) is 0 Å². The van der Waals surface area contributed by atoms with E-state index in [1.165, 1.54) is 12.8 Å². The monoisotopic (exact) mass is 264 g/mol. The van der Waals surface area contributed by atoms with Crippen molar-refractivity contribution in [3.63, 3.8) is 0 Å². The average Bonchev–Trinajstić information content (AvgIpc) is 2.81. The van der Waals surface area contributed by atoms with Gasteiger partial charge in [0.15, 0.2) is 11.9 Å². The van der Waals surface area contributed by atoms with E-state index in [0.29, 0.717) is 12.3 Å². The molecule has 1 aromatic heterocycles. The van der Waals surface area contributed by atoms with Crippen LogP contribution in [-0.4, -0.2) is 38.9 Å². The average molecular weight is 264 g/mol. The van der Waals surface area contributed by atoms with Crippen molar-refractivity contribution in [3.05, 3.63) is 11.6 Å². The Morgan fingerprint density at radius 3 is 3.05 bits per heavy atom. The topological polar surface area (TPSA) is 80.0 Å². The van der Waals surface area contributed by atoms with E-state index < -0.39 is 12.0 Å². The molecule has 2 N–H and O–H groups in total. The minimum atomic E-state index is -0.795. The lowest BCUT2D eigenvalue weighted by molar-refractivity contribution is -0.141. The molecule has 0 aromatic carbocycles. The number of rotatable bonds is 3. The fraction of sp³-hybridized carbons (Fsp3) is 0.769. The molecule has 1 aromatic rings. The van der Waals surface area contributed by atoms with Gasteiger partial charge >= 0.3 is 5.97 Å². The summed E-state index contributed by atoms with van der Waals surface area (Å²) in [7, 11) is 0. The molecule has 1 fully saturated rings. The summed E-state index contributed by atoms with van der Waals surface area (Å²) in [4.78, 5) is 15.8. The van der Waals surface area contributed by atoms with Crippen LogP contribution in [0.4, 0.5) is 0 Å². The summed E-state index contributed by atoms with van der Waals surface area (Å²) in [6.07, 6.45) is 5.67. The van der Waals surface area contributed by atoms with Crippen LogP contribution in [0.1, 0.15) is 43.4 Å². The molecule has 0 spiro atoms. The van der Waals surface area contributed by atoms with Crippen LogP contribution in [0.5, 0.6) is 0 Å². The predicted octanol–water partition coefficient (Wildman–Crippen LogP) is 0.782. The summed E-state index contributed by atoms with van der Waals surface area (Å²) in [5, 5.41) is 17.0. The van der Waals surface area contributed by atoms with Crippen LogP contribution < -0.4 is 5.32 Å². The minimum Gasteiger partial charge on any atom is -0.480 e. The van der Waals surface area contributed by atoms with Gasteiger partial charge in [-0.05, 0) is 44.7 Å². The predicted molar refractivity (Wildman–Crippen MR) is 68.9 cm³/mol. The van der Waals surface area contributed by atoms with Gasteiger partial charge in [0.25, 0.3) is 0 Å². The van der Waals surface area contributed by atoms with Gasteiger partial charge in [-0.3, -0.25) is 0 Å². The van der Waals surface area contributed by atoms with Gasteiger partial charge in [-0.2, -0.15) is 5.10 Å². The van der Waals surface area contributed by atoms with E-state index in [1.54, 1.807) is 4.68 Å². The molecule has 104 valence electrons. The molecule has 0 saturated carbocycles. The van der Waals surface area contributed by atoms with Gasteiger partial charge in [-0.15, -0.1) is 0 Å². The number of aromatic nitrogens is 3. The number of nitrogens with zero attached hydrogens (tertiary/aromatic N) is 3. The Hall–Kier alpha value is -1.43. The highest BCUT2D eigenvalue weighted by molar-refractivity contribution is 5.71. The Morgan fingerprint density at radius 1 is 1.42 bits per heavy atom. The summed E-state index contributed by atoms with van der Waals surface area (Å²) >= 11 is 0. The lowest BCUT2D eigenvalue weighted by Crippen LogP contribution is -2.31. The van der Waals surface area contributed by atoms with Gasteiger partial charge in [0.1, 0.15) is 5.82 Å². The lowest BCUT2D eigenvalue weighted by atomic mass is 9.96. The van der Waals surface area contributed by atoms with Crippen molar-refractivity contribution in [2.24, 2.45) is 5.92 Å². The second-order valence-electron chi connectivity index (χ2n) is 5.55. The van der Waals surface area contributed by atoms with Gasteiger partial charge in [0.2, 0.25) is 0 Å². The number of hydrogen-bond acceptors (Lipinski definition) is 4. The highest BCUT2D eigenvalue weighted by atomic mass is 16.4. The smallest absolute Gasteiger partial charge is 0.328 e. The van der Waals surface area contributed by atoms with Gasteiger partial charge in [-0.1, -0.05) is 0 Å². The Balaban J connectivity index is 1.75. The third-order valence-corrected chi connectivity index (χ3v) is 4.07. The van der Waals surface area contributed by atoms with Gasteiger partial charge in [0, 0.05) is 12.8 Å². The van der Waals surface area contributed by atoms with Gasteiger partial charge < -0.3 is 10.4 Å². The molecule has 2 atom stereocenters. The molecule has 0 amide bonds. The highest BCUT2D eigenvalue weighted by Crippen LogP contribution is 2.24. The molecule has 6 nitrogen and oxygen atoms in total. The molecule has 2 aliphatic heterocycles. The fourth-order valence-corrected chi connectivity index (χ4v) is 3.07. The molecule has 2 aliphatic rings. The molecule has 0 aliphatic carbocycles. The number of piperidine rings is 1. The molecule has 3 rings (SSSR count). The molecule has 0 radical (unpaired) electrons. The standard InChI is InChI=1S/C13H20N4O2/c18-13(19)10-4-1-5-12-15-11(16-17(10)12)7-9-3-2-6-14-8-9/h9-10,14H,1-8H2,(H,18,19). The maximum atomic E-state index is 11.2. The van der Waals surface area contributed by atoms with Crippen LogP contribution in [0.3, 0.4) is 0 Å². The second kappa shape index (κ2) is 5.28. The van der Waals surface area contributed by atoms with Crippen LogP contribution in [0.15, 0.2) is 0 Å². The Morgan fingerprint density at radius 2 is 2.32 bits per heavy atom. The number of fused-ring (bicyclic) bond motifs is 1. The largest absolute Gasteiger partial charge is 0.480 e. The zero-order chi connectivity index (χ0) is 13.2. The van der Waals surface area contributed by atoms with Crippen molar-refractivity contribution in [1.82, 2.24) is 20.1 Å². The normalized spacial score (nSPS) is 26.9. The van der Waals surface area contributed by atoms with Crippen LogP contribution >= 0.6 is 0 Å². The third kappa shape index (κ3) is 2.63. The van der Waals surface area contributed by atoms with E-state index in [2.05, 4.69) is 15.4 Å². The van der Waals surface area contributed by atoms with E-state index in [1.807, 2.05) is 0 Å². The second-order valence-corrected chi connectivity index (χ2v) is 5.55. The van der Waals surface area contributed by atoms with Crippen molar-refractivity contribution in [2.75, 3.05) is 13.1 Å². The first kappa shape index (κ1) is 12.6. The quantitative estimate of drug-likeness (QED) is 0.843. The van der Waals surface area contributed by atoms with E-state index in [0.717, 1.165) is 44.0 Å². The first-order chi connectivity index (χ1) is 9.24. The lowest BCUT2D eigenvalue weighted by Gasteiger charge is -2.21. The number of aryl methyl sites for hydroxylation is 1. The van der Waals surface area contributed by atoms with Crippen molar-refractivity contribution in [2.45, 2.75) is 44.6 Å². The summed E-state index contributed by atoms with van der Waals surface area (Å²) in [6, 6.07) is -0.519.